The normalized spacial score (nSPS) is 15.7. The highest BCUT2D eigenvalue weighted by Gasteiger charge is 2.49. The zero-order chi connectivity index (χ0) is 28.5. The quantitative estimate of drug-likeness (QED) is 0.170. The van der Waals surface area contributed by atoms with Crippen molar-refractivity contribution in [3.05, 3.63) is 117 Å². The third-order valence-corrected chi connectivity index (χ3v) is 9.29. The van der Waals surface area contributed by atoms with Gasteiger partial charge in [0.15, 0.2) is 9.76 Å². The van der Waals surface area contributed by atoms with Gasteiger partial charge in [-0.15, -0.1) is 0 Å². The van der Waals surface area contributed by atoms with Crippen LogP contribution in [0.2, 0.25) is 15.2 Å². The molecule has 0 bridgehead atoms. The van der Waals surface area contributed by atoms with Crippen LogP contribution in [0.3, 0.4) is 0 Å². The van der Waals surface area contributed by atoms with Crippen molar-refractivity contribution < 1.29 is 4.43 Å². The number of nitrogens with zero attached hydrogens (tertiary/aromatic N) is 4. The monoisotopic (exact) mass is 586 g/mol. The molecule has 1 aliphatic heterocycles. The number of rotatable bonds is 6. The molecule has 2 heterocycles. The van der Waals surface area contributed by atoms with Crippen LogP contribution in [-0.4, -0.2) is 26.3 Å². The van der Waals surface area contributed by atoms with E-state index in [4.69, 9.17) is 32.6 Å². The first-order chi connectivity index (χ1) is 19.1. The van der Waals surface area contributed by atoms with Crippen LogP contribution in [0.5, 0.6) is 0 Å². The fourth-order valence-corrected chi connectivity index (χ4v) is 7.34. The number of hydrogen-bond acceptors (Lipinski definition) is 5. The van der Waals surface area contributed by atoms with Gasteiger partial charge < -0.3 is 9.33 Å². The second-order valence-corrected chi connectivity index (χ2v) is 14.9. The predicted molar refractivity (Wildman–Crippen MR) is 165 cm³/mol. The smallest absolute Gasteiger partial charge is 0.168 e. The highest BCUT2D eigenvalue weighted by Crippen LogP contribution is 2.54. The highest BCUT2D eigenvalue weighted by molar-refractivity contribution is 6.34. The molecule has 4 aromatic rings. The summed E-state index contributed by atoms with van der Waals surface area (Å²) in [5, 5.41) is 10.3. The maximum Gasteiger partial charge on any atom is 0.168 e. The third-order valence-electron chi connectivity index (χ3n) is 7.23. The molecule has 0 spiro atoms. The minimum atomic E-state index is -1.03. The lowest BCUT2D eigenvalue weighted by atomic mass is 9.70. The topological polar surface area (TPSA) is 62.0 Å². The van der Waals surface area contributed by atoms with Crippen LogP contribution in [0, 0.1) is 18.3 Å². The van der Waals surface area contributed by atoms with Gasteiger partial charge >= 0.3 is 0 Å². The van der Waals surface area contributed by atoms with E-state index in [9.17, 15) is 5.26 Å². The summed E-state index contributed by atoms with van der Waals surface area (Å²) >= 11 is 13.8. The summed E-state index contributed by atoms with van der Waals surface area (Å²) in [6.45, 7) is 9.20. The fraction of sp³-hybridized carbons (Fsp3) is 0.281. The lowest BCUT2D eigenvalue weighted by Gasteiger charge is -2.47. The number of halogens is 2. The Morgan fingerprint density at radius 1 is 0.950 bits per heavy atom. The molecule has 0 fully saturated rings. The van der Waals surface area contributed by atoms with Gasteiger partial charge in [0.05, 0.1) is 22.3 Å². The van der Waals surface area contributed by atoms with Crippen LogP contribution in [0.15, 0.2) is 78.9 Å². The van der Waals surface area contributed by atoms with E-state index >= 15 is 0 Å². The van der Waals surface area contributed by atoms with E-state index in [0.717, 1.165) is 34.6 Å². The number of fused-ring (bicyclic) bond motifs is 1. The SMILES string of the molecule is Cc1nc(Cl)c2c(n1)N(c1ccc(C#N)cc1Cl)CCC2C(O[SiH2]C(C)(C)C)(c1ccccc1)c1ccccc1. The second kappa shape index (κ2) is 11.3. The summed E-state index contributed by atoms with van der Waals surface area (Å²) < 4.78 is 7.29. The summed E-state index contributed by atoms with van der Waals surface area (Å²) in [5.41, 5.74) is 3.50. The Morgan fingerprint density at radius 2 is 1.57 bits per heavy atom. The average Bonchev–Trinajstić information content (AvgIpc) is 2.94. The number of anilines is 2. The molecule has 0 saturated heterocycles. The van der Waals surface area contributed by atoms with Crippen LogP contribution < -0.4 is 4.90 Å². The van der Waals surface area contributed by atoms with Gasteiger partial charge in [-0.1, -0.05) is 105 Å². The van der Waals surface area contributed by atoms with Gasteiger partial charge in [0.2, 0.25) is 0 Å². The summed E-state index contributed by atoms with van der Waals surface area (Å²) in [4.78, 5) is 11.7. The van der Waals surface area contributed by atoms with Crippen molar-refractivity contribution >= 4 is 44.5 Å². The van der Waals surface area contributed by atoms with Gasteiger partial charge in [-0.25, -0.2) is 9.97 Å². The molecule has 1 atom stereocenters. The molecule has 5 rings (SSSR count). The molecular weight excluding hydrogens is 555 g/mol. The van der Waals surface area contributed by atoms with E-state index in [1.54, 1.807) is 12.1 Å². The molecule has 40 heavy (non-hydrogen) atoms. The van der Waals surface area contributed by atoms with Crippen molar-refractivity contribution in [1.82, 2.24) is 9.97 Å². The molecule has 3 aromatic carbocycles. The van der Waals surface area contributed by atoms with Crippen LogP contribution in [-0.2, 0) is 10.0 Å². The Kier molecular flexibility index (Phi) is 8.03. The molecule has 1 aliphatic rings. The van der Waals surface area contributed by atoms with Crippen LogP contribution >= 0.6 is 23.2 Å². The zero-order valence-corrected chi connectivity index (χ0v) is 26.1. The predicted octanol–water partition coefficient (Wildman–Crippen LogP) is 7.85. The van der Waals surface area contributed by atoms with Crippen molar-refractivity contribution in [1.29, 1.82) is 5.26 Å². The maximum atomic E-state index is 9.37. The summed E-state index contributed by atoms with van der Waals surface area (Å²) in [6.07, 6.45) is 0.720. The Bertz CT molecular complexity index is 1510. The molecule has 1 unspecified atom stereocenters. The zero-order valence-electron chi connectivity index (χ0n) is 23.2. The van der Waals surface area contributed by atoms with Gasteiger partial charge in [-0.2, -0.15) is 5.26 Å². The average molecular weight is 588 g/mol. The number of hydrogen-bond donors (Lipinski definition) is 0. The molecule has 1 aromatic heterocycles. The molecule has 0 aliphatic carbocycles. The molecule has 0 saturated carbocycles. The Morgan fingerprint density at radius 3 is 2.12 bits per heavy atom. The lowest BCUT2D eigenvalue weighted by Crippen LogP contribution is -2.44. The number of aromatic nitrogens is 2. The van der Waals surface area contributed by atoms with E-state index in [1.807, 2.05) is 25.1 Å². The number of aryl methyl sites for hydroxylation is 1. The Hall–Kier alpha value is -3.21. The van der Waals surface area contributed by atoms with E-state index in [-0.39, 0.29) is 11.0 Å². The first kappa shape index (κ1) is 28.3. The van der Waals surface area contributed by atoms with Gasteiger partial charge in [0.25, 0.3) is 0 Å². The van der Waals surface area contributed by atoms with Gasteiger partial charge in [-0.3, -0.25) is 0 Å². The van der Waals surface area contributed by atoms with Crippen molar-refractivity contribution in [2.24, 2.45) is 0 Å². The van der Waals surface area contributed by atoms with E-state index in [1.165, 1.54) is 0 Å². The van der Waals surface area contributed by atoms with Crippen molar-refractivity contribution in [3.63, 3.8) is 0 Å². The Balaban J connectivity index is 1.77. The third kappa shape index (κ3) is 5.40. The molecule has 204 valence electrons. The van der Waals surface area contributed by atoms with E-state index < -0.39 is 15.4 Å². The first-order valence-electron chi connectivity index (χ1n) is 13.4. The lowest BCUT2D eigenvalue weighted by molar-refractivity contribution is 0.0733. The van der Waals surface area contributed by atoms with Crippen LogP contribution in [0.25, 0.3) is 0 Å². The largest absolute Gasteiger partial charge is 0.409 e. The summed E-state index contributed by atoms with van der Waals surface area (Å²) in [6, 6.07) is 28.4. The van der Waals surface area contributed by atoms with Crippen molar-refractivity contribution in [3.8, 4) is 6.07 Å². The Labute approximate surface area is 248 Å². The number of nitriles is 1. The van der Waals surface area contributed by atoms with E-state index in [0.29, 0.717) is 28.1 Å². The first-order valence-corrected chi connectivity index (χ1v) is 15.4. The summed E-state index contributed by atoms with van der Waals surface area (Å²) in [5.74, 6) is 1.13. The van der Waals surface area contributed by atoms with Gasteiger partial charge in [0.1, 0.15) is 22.4 Å². The van der Waals surface area contributed by atoms with Crippen molar-refractivity contribution in [2.75, 3.05) is 11.4 Å². The van der Waals surface area contributed by atoms with Crippen LogP contribution in [0.1, 0.15) is 61.2 Å². The van der Waals surface area contributed by atoms with Crippen molar-refractivity contribution in [2.45, 2.75) is 50.7 Å². The molecule has 0 amide bonds. The fourth-order valence-electron chi connectivity index (χ4n) is 5.52. The molecular formula is C32H32Cl2N4OSi. The van der Waals surface area contributed by atoms with Gasteiger partial charge in [-0.05, 0) is 47.7 Å². The summed E-state index contributed by atoms with van der Waals surface area (Å²) in [7, 11) is -1.03. The molecule has 5 nitrogen and oxygen atoms in total. The highest BCUT2D eigenvalue weighted by atomic mass is 35.5. The second-order valence-electron chi connectivity index (χ2n) is 11.4. The van der Waals surface area contributed by atoms with Crippen LogP contribution in [0.4, 0.5) is 11.5 Å². The maximum absolute atomic E-state index is 9.37. The molecule has 0 N–H and O–H groups in total. The van der Waals surface area contributed by atoms with E-state index in [2.05, 4.69) is 85.3 Å². The molecule has 8 heteroatoms. The molecule has 0 radical (unpaired) electrons. The minimum absolute atomic E-state index is 0.0575. The van der Waals surface area contributed by atoms with Gasteiger partial charge in [0, 0.05) is 18.0 Å². The minimum Gasteiger partial charge on any atom is -0.409 e. The number of benzene rings is 3. The standard InChI is InChI=1S/C32H32Cl2N4OSi/c1-21-36-29(34)28-25(17-18-38(30(28)37-21)27-16-15-22(20-35)19-26(27)33)32(39-40-31(2,3)4,23-11-7-5-8-12-23)24-13-9-6-10-14-24/h5-16,19,25H,17-18,40H2,1-4H3.